The van der Waals surface area contributed by atoms with E-state index in [0.29, 0.717) is 12.6 Å². The van der Waals surface area contributed by atoms with Crippen molar-refractivity contribution in [3.05, 3.63) is 58.5 Å². The van der Waals surface area contributed by atoms with E-state index in [4.69, 9.17) is 9.41 Å². The SMILES string of the molecule is CCCN1CCC(NC(=NCc2ccc(Br)cc2)NCCc2ccco2)CC1. The van der Waals surface area contributed by atoms with Crippen molar-refractivity contribution in [3.8, 4) is 0 Å². The lowest BCUT2D eigenvalue weighted by molar-refractivity contribution is 0.206. The number of piperidine rings is 1. The molecule has 28 heavy (non-hydrogen) atoms. The highest BCUT2D eigenvalue weighted by Gasteiger charge is 2.19. The Bertz CT molecular complexity index is 707. The summed E-state index contributed by atoms with van der Waals surface area (Å²) in [4.78, 5) is 7.38. The largest absolute Gasteiger partial charge is 0.469 e. The van der Waals surface area contributed by atoms with Gasteiger partial charge >= 0.3 is 0 Å². The zero-order valence-electron chi connectivity index (χ0n) is 16.7. The normalized spacial score (nSPS) is 16.3. The number of furan rings is 1. The predicted octanol–water partition coefficient (Wildman–Crippen LogP) is 4.19. The summed E-state index contributed by atoms with van der Waals surface area (Å²) < 4.78 is 6.52. The maximum Gasteiger partial charge on any atom is 0.191 e. The van der Waals surface area contributed by atoms with Crippen molar-refractivity contribution in [2.75, 3.05) is 26.2 Å². The van der Waals surface area contributed by atoms with E-state index in [1.54, 1.807) is 6.26 Å². The lowest BCUT2D eigenvalue weighted by atomic mass is 10.1. The van der Waals surface area contributed by atoms with Crippen molar-refractivity contribution in [2.45, 2.75) is 45.2 Å². The molecule has 1 aromatic carbocycles. The molecule has 0 bridgehead atoms. The second-order valence-corrected chi connectivity index (χ2v) is 8.22. The highest BCUT2D eigenvalue weighted by atomic mass is 79.9. The van der Waals surface area contributed by atoms with Gasteiger partial charge in [-0.25, -0.2) is 4.99 Å². The number of hydrogen-bond acceptors (Lipinski definition) is 3. The van der Waals surface area contributed by atoms with Gasteiger partial charge in [0.2, 0.25) is 0 Å². The van der Waals surface area contributed by atoms with Crippen LogP contribution in [-0.4, -0.2) is 43.1 Å². The van der Waals surface area contributed by atoms with E-state index in [1.807, 2.05) is 12.1 Å². The third kappa shape index (κ3) is 6.99. The fourth-order valence-corrected chi connectivity index (χ4v) is 3.75. The molecule has 2 heterocycles. The summed E-state index contributed by atoms with van der Waals surface area (Å²) in [5.74, 6) is 1.89. The molecule has 6 heteroatoms. The average molecular weight is 447 g/mol. The molecule has 1 fully saturated rings. The van der Waals surface area contributed by atoms with Gasteiger partial charge in [0.25, 0.3) is 0 Å². The van der Waals surface area contributed by atoms with Crippen LogP contribution in [0.2, 0.25) is 0 Å². The molecule has 0 amide bonds. The van der Waals surface area contributed by atoms with Gasteiger partial charge in [-0.3, -0.25) is 0 Å². The van der Waals surface area contributed by atoms with Gasteiger partial charge in [-0.1, -0.05) is 35.0 Å². The average Bonchev–Trinajstić information content (AvgIpc) is 3.22. The van der Waals surface area contributed by atoms with Crippen LogP contribution < -0.4 is 10.6 Å². The Hall–Kier alpha value is -1.79. The molecule has 0 atom stereocenters. The molecular formula is C22H31BrN4O. The number of rotatable bonds is 8. The van der Waals surface area contributed by atoms with Crippen LogP contribution >= 0.6 is 15.9 Å². The summed E-state index contributed by atoms with van der Waals surface area (Å²) in [6, 6.07) is 12.8. The minimum Gasteiger partial charge on any atom is -0.469 e. The van der Waals surface area contributed by atoms with Crippen LogP contribution in [-0.2, 0) is 13.0 Å². The number of halogens is 1. The van der Waals surface area contributed by atoms with Gasteiger partial charge in [0.05, 0.1) is 12.8 Å². The van der Waals surface area contributed by atoms with E-state index in [2.05, 4.69) is 62.7 Å². The first-order chi connectivity index (χ1) is 13.7. The zero-order chi connectivity index (χ0) is 19.6. The number of benzene rings is 1. The van der Waals surface area contributed by atoms with E-state index < -0.39 is 0 Å². The van der Waals surface area contributed by atoms with Crippen LogP contribution in [0.4, 0.5) is 0 Å². The van der Waals surface area contributed by atoms with Crippen LogP contribution in [0.15, 0.2) is 56.5 Å². The Morgan fingerprint density at radius 1 is 1.21 bits per heavy atom. The minimum atomic E-state index is 0.480. The maximum atomic E-state index is 5.43. The van der Waals surface area contributed by atoms with Gasteiger partial charge < -0.3 is 20.0 Å². The lowest BCUT2D eigenvalue weighted by Gasteiger charge is -2.32. The maximum absolute atomic E-state index is 5.43. The quantitative estimate of drug-likeness (QED) is 0.471. The minimum absolute atomic E-state index is 0.480. The second-order valence-electron chi connectivity index (χ2n) is 7.31. The zero-order valence-corrected chi connectivity index (χ0v) is 18.2. The summed E-state index contributed by atoms with van der Waals surface area (Å²) in [5, 5.41) is 7.13. The summed E-state index contributed by atoms with van der Waals surface area (Å²) >= 11 is 3.49. The van der Waals surface area contributed by atoms with Crippen LogP contribution in [0, 0.1) is 0 Å². The summed E-state index contributed by atoms with van der Waals surface area (Å²) in [6.07, 6.45) is 6.13. The standard InChI is InChI=1S/C22H31BrN4O/c1-2-13-27-14-10-20(11-15-27)26-22(24-12-9-21-4-3-16-28-21)25-17-18-5-7-19(23)8-6-18/h3-8,16,20H,2,9-15,17H2,1H3,(H2,24,25,26). The Morgan fingerprint density at radius 2 is 2.00 bits per heavy atom. The lowest BCUT2D eigenvalue weighted by Crippen LogP contribution is -2.49. The monoisotopic (exact) mass is 446 g/mol. The Morgan fingerprint density at radius 3 is 2.68 bits per heavy atom. The second kappa shape index (κ2) is 11.3. The summed E-state index contributed by atoms with van der Waals surface area (Å²) in [5.41, 5.74) is 1.20. The van der Waals surface area contributed by atoms with Crippen molar-refractivity contribution >= 4 is 21.9 Å². The third-order valence-corrected chi connectivity index (χ3v) is 5.57. The fraction of sp³-hybridized carbons (Fsp3) is 0.500. The van der Waals surface area contributed by atoms with Crippen molar-refractivity contribution in [1.29, 1.82) is 0 Å². The summed E-state index contributed by atoms with van der Waals surface area (Å²) in [6.45, 7) is 7.25. The molecule has 0 aliphatic carbocycles. The molecular weight excluding hydrogens is 416 g/mol. The molecule has 152 valence electrons. The highest BCUT2D eigenvalue weighted by molar-refractivity contribution is 9.10. The molecule has 0 unspecified atom stereocenters. The number of nitrogens with one attached hydrogen (secondary N) is 2. The van der Waals surface area contributed by atoms with E-state index in [9.17, 15) is 0 Å². The topological polar surface area (TPSA) is 52.8 Å². The van der Waals surface area contributed by atoms with Gasteiger partial charge in [-0.15, -0.1) is 0 Å². The van der Waals surface area contributed by atoms with Crippen LogP contribution in [0.1, 0.15) is 37.5 Å². The molecule has 1 aromatic heterocycles. The van der Waals surface area contributed by atoms with Crippen LogP contribution in [0.5, 0.6) is 0 Å². The summed E-state index contributed by atoms with van der Waals surface area (Å²) in [7, 11) is 0. The number of guanidine groups is 1. The number of aliphatic imine (C=N–C) groups is 1. The van der Waals surface area contributed by atoms with Crippen LogP contribution in [0.3, 0.4) is 0 Å². The molecule has 1 aliphatic heterocycles. The van der Waals surface area contributed by atoms with Crippen molar-refractivity contribution in [1.82, 2.24) is 15.5 Å². The van der Waals surface area contributed by atoms with E-state index in [1.165, 1.54) is 18.5 Å². The Balaban J connectivity index is 1.55. The predicted molar refractivity (Wildman–Crippen MR) is 119 cm³/mol. The molecule has 2 aromatic rings. The van der Waals surface area contributed by atoms with Gasteiger partial charge in [-0.05, 0) is 55.6 Å². The molecule has 5 nitrogen and oxygen atoms in total. The smallest absolute Gasteiger partial charge is 0.191 e. The first-order valence-electron chi connectivity index (χ1n) is 10.3. The Labute approximate surface area is 176 Å². The Kier molecular flexibility index (Phi) is 8.42. The number of hydrogen-bond donors (Lipinski definition) is 2. The van der Waals surface area contributed by atoms with Gasteiger partial charge in [0.1, 0.15) is 5.76 Å². The van der Waals surface area contributed by atoms with E-state index >= 15 is 0 Å². The van der Waals surface area contributed by atoms with Crippen molar-refractivity contribution in [3.63, 3.8) is 0 Å². The molecule has 0 saturated carbocycles. The van der Waals surface area contributed by atoms with Gasteiger partial charge in [-0.2, -0.15) is 0 Å². The molecule has 2 N–H and O–H groups in total. The first kappa shape index (κ1) is 20.9. The van der Waals surface area contributed by atoms with E-state index in [0.717, 1.165) is 55.1 Å². The van der Waals surface area contributed by atoms with Gasteiger partial charge in [0, 0.05) is 36.6 Å². The third-order valence-electron chi connectivity index (χ3n) is 5.05. The molecule has 1 aliphatic rings. The van der Waals surface area contributed by atoms with Crippen molar-refractivity contribution in [2.24, 2.45) is 4.99 Å². The molecule has 0 spiro atoms. The van der Waals surface area contributed by atoms with E-state index in [-0.39, 0.29) is 0 Å². The number of likely N-dealkylation sites (tertiary alicyclic amines) is 1. The molecule has 1 saturated heterocycles. The number of nitrogens with zero attached hydrogens (tertiary/aromatic N) is 2. The van der Waals surface area contributed by atoms with Crippen molar-refractivity contribution < 1.29 is 4.42 Å². The van der Waals surface area contributed by atoms with Gasteiger partial charge in [0.15, 0.2) is 5.96 Å². The molecule has 3 rings (SSSR count). The highest BCUT2D eigenvalue weighted by Crippen LogP contribution is 2.12. The molecule has 0 radical (unpaired) electrons. The van der Waals surface area contributed by atoms with Crippen LogP contribution in [0.25, 0.3) is 0 Å². The first-order valence-corrected chi connectivity index (χ1v) is 11.1. The fourth-order valence-electron chi connectivity index (χ4n) is 3.48.